The average molecular weight is 348 g/mol. The van der Waals surface area contributed by atoms with E-state index in [-0.39, 0.29) is 6.04 Å². The zero-order valence-corrected chi connectivity index (χ0v) is 14.5. The Morgan fingerprint density at radius 2 is 2.00 bits per heavy atom. The quantitative estimate of drug-likeness (QED) is 0.834. The average Bonchev–Trinajstić information content (AvgIpc) is 3.13. The van der Waals surface area contributed by atoms with Crippen molar-refractivity contribution in [1.82, 2.24) is 18.8 Å². The molecule has 2 heterocycles. The van der Waals surface area contributed by atoms with Crippen molar-refractivity contribution in [3.63, 3.8) is 0 Å². The lowest BCUT2D eigenvalue weighted by atomic mass is 10.0. The molecule has 1 aliphatic rings. The fraction of sp³-hybridized carbons (Fsp3) is 0.471. The van der Waals surface area contributed by atoms with Crippen LogP contribution in [0.25, 0.3) is 0 Å². The van der Waals surface area contributed by atoms with Crippen LogP contribution in [0.15, 0.2) is 48.8 Å². The van der Waals surface area contributed by atoms with Crippen LogP contribution < -0.4 is 4.72 Å². The largest absolute Gasteiger partial charge is 0.280 e. The van der Waals surface area contributed by atoms with E-state index >= 15 is 0 Å². The van der Waals surface area contributed by atoms with Crippen molar-refractivity contribution in [3.8, 4) is 0 Å². The lowest BCUT2D eigenvalue weighted by molar-refractivity contribution is 0.229. The molecule has 1 saturated heterocycles. The van der Waals surface area contributed by atoms with Gasteiger partial charge in [-0.3, -0.25) is 4.68 Å². The molecule has 1 aliphatic heterocycles. The maximum absolute atomic E-state index is 12.7. The lowest BCUT2D eigenvalue weighted by Gasteiger charge is -2.34. The highest BCUT2D eigenvalue weighted by Crippen LogP contribution is 2.23. The molecule has 130 valence electrons. The molecule has 24 heavy (non-hydrogen) atoms. The van der Waals surface area contributed by atoms with Crippen LogP contribution in [0.4, 0.5) is 0 Å². The van der Waals surface area contributed by atoms with E-state index < -0.39 is 10.2 Å². The summed E-state index contributed by atoms with van der Waals surface area (Å²) in [4.78, 5) is 0. The Morgan fingerprint density at radius 1 is 1.17 bits per heavy atom. The second-order valence-electron chi connectivity index (χ2n) is 6.13. The highest BCUT2D eigenvalue weighted by atomic mass is 32.2. The van der Waals surface area contributed by atoms with Crippen LogP contribution in [0.5, 0.6) is 0 Å². The molecule has 0 radical (unpaired) electrons. The van der Waals surface area contributed by atoms with Gasteiger partial charge >= 0.3 is 0 Å². The summed E-state index contributed by atoms with van der Waals surface area (Å²) in [5.74, 6) is 0. The van der Waals surface area contributed by atoms with Gasteiger partial charge in [0.1, 0.15) is 0 Å². The highest BCUT2D eigenvalue weighted by Gasteiger charge is 2.31. The molecular weight excluding hydrogens is 324 g/mol. The fourth-order valence-electron chi connectivity index (χ4n) is 3.15. The predicted octanol–water partition coefficient (Wildman–Crippen LogP) is 2.16. The Balaban J connectivity index is 1.62. The topological polar surface area (TPSA) is 67.2 Å². The summed E-state index contributed by atoms with van der Waals surface area (Å²) in [5.41, 5.74) is 0.964. The first-order chi connectivity index (χ1) is 11.6. The SMILES string of the molecule is O=S(=O)(NCc1ccccc1)N1CCCC[C@H]1CCn1cccn1. The smallest absolute Gasteiger partial charge is 0.273 e. The van der Waals surface area contributed by atoms with Gasteiger partial charge in [-0.05, 0) is 30.9 Å². The van der Waals surface area contributed by atoms with Crippen molar-refractivity contribution in [3.05, 3.63) is 54.4 Å². The monoisotopic (exact) mass is 348 g/mol. The van der Waals surface area contributed by atoms with Crippen LogP contribution in [0.3, 0.4) is 0 Å². The van der Waals surface area contributed by atoms with Gasteiger partial charge in [-0.1, -0.05) is 36.8 Å². The molecule has 0 unspecified atom stereocenters. The number of aromatic nitrogens is 2. The van der Waals surface area contributed by atoms with Crippen LogP contribution in [-0.4, -0.2) is 35.1 Å². The van der Waals surface area contributed by atoms with Crippen molar-refractivity contribution in [2.24, 2.45) is 0 Å². The molecule has 1 N–H and O–H groups in total. The van der Waals surface area contributed by atoms with Crippen molar-refractivity contribution < 1.29 is 8.42 Å². The first kappa shape index (κ1) is 17.1. The van der Waals surface area contributed by atoms with E-state index in [1.165, 1.54) is 0 Å². The molecule has 1 fully saturated rings. The minimum absolute atomic E-state index is 0.0382. The first-order valence-corrected chi connectivity index (χ1v) is 9.87. The molecule has 0 spiro atoms. The maximum Gasteiger partial charge on any atom is 0.280 e. The third kappa shape index (κ3) is 4.43. The van der Waals surface area contributed by atoms with Gasteiger partial charge in [0.15, 0.2) is 0 Å². The predicted molar refractivity (Wildman–Crippen MR) is 93.4 cm³/mol. The van der Waals surface area contributed by atoms with E-state index in [4.69, 9.17) is 0 Å². The van der Waals surface area contributed by atoms with E-state index in [9.17, 15) is 8.42 Å². The van der Waals surface area contributed by atoms with Gasteiger partial charge in [0.25, 0.3) is 10.2 Å². The Kier molecular flexibility index (Phi) is 5.65. The van der Waals surface area contributed by atoms with Crippen LogP contribution in [-0.2, 0) is 23.3 Å². The Hall–Kier alpha value is -1.70. The van der Waals surface area contributed by atoms with Crippen molar-refractivity contribution in [1.29, 1.82) is 0 Å². The van der Waals surface area contributed by atoms with E-state index in [1.54, 1.807) is 10.5 Å². The number of benzene rings is 1. The van der Waals surface area contributed by atoms with Crippen molar-refractivity contribution in [2.45, 2.75) is 44.8 Å². The second kappa shape index (κ2) is 7.92. The molecule has 2 aromatic rings. The molecule has 1 aromatic heterocycles. The third-order valence-corrected chi connectivity index (χ3v) is 6.04. The van der Waals surface area contributed by atoms with Gasteiger partial charge in [0.2, 0.25) is 0 Å². The van der Waals surface area contributed by atoms with Crippen molar-refractivity contribution >= 4 is 10.2 Å². The Labute approximate surface area is 143 Å². The third-order valence-electron chi connectivity index (χ3n) is 4.43. The number of piperidine rings is 1. The summed E-state index contributed by atoms with van der Waals surface area (Å²) >= 11 is 0. The van der Waals surface area contributed by atoms with Crippen LogP contribution >= 0.6 is 0 Å². The van der Waals surface area contributed by atoms with Gasteiger partial charge in [-0.2, -0.15) is 22.5 Å². The number of hydrogen-bond donors (Lipinski definition) is 1. The summed E-state index contributed by atoms with van der Waals surface area (Å²) in [6.45, 7) is 1.65. The van der Waals surface area contributed by atoms with Crippen molar-refractivity contribution in [2.75, 3.05) is 6.54 Å². The summed E-state index contributed by atoms with van der Waals surface area (Å²) in [5, 5.41) is 4.20. The minimum Gasteiger partial charge on any atom is -0.273 e. The fourth-order valence-corrected chi connectivity index (χ4v) is 4.63. The number of aryl methyl sites for hydroxylation is 1. The van der Waals surface area contributed by atoms with Gasteiger partial charge in [0, 0.05) is 38.1 Å². The van der Waals surface area contributed by atoms with Crippen LogP contribution in [0.2, 0.25) is 0 Å². The summed E-state index contributed by atoms with van der Waals surface area (Å²) < 4.78 is 31.7. The van der Waals surface area contributed by atoms with Gasteiger partial charge in [-0.15, -0.1) is 0 Å². The molecule has 0 aliphatic carbocycles. The van der Waals surface area contributed by atoms with Gasteiger partial charge in [-0.25, -0.2) is 0 Å². The summed E-state index contributed by atoms with van der Waals surface area (Å²) in [6, 6.07) is 11.5. The summed E-state index contributed by atoms with van der Waals surface area (Å²) in [6.07, 6.45) is 7.35. The van der Waals surface area contributed by atoms with Crippen LogP contribution in [0, 0.1) is 0 Å². The maximum atomic E-state index is 12.7. The zero-order chi connectivity index (χ0) is 16.8. The lowest BCUT2D eigenvalue weighted by Crippen LogP contribution is -2.49. The van der Waals surface area contributed by atoms with Gasteiger partial charge in [0.05, 0.1) is 0 Å². The number of hydrogen-bond acceptors (Lipinski definition) is 3. The standard InChI is InChI=1S/C17H24N4O2S/c22-24(23,19-15-16-7-2-1-3-8-16)21-13-5-4-9-17(21)10-14-20-12-6-11-18-20/h1-3,6-8,11-12,17,19H,4-5,9-10,13-15H2/t17-/m0/s1. The minimum atomic E-state index is -3.47. The molecule has 7 heteroatoms. The Bertz CT molecular complexity index is 716. The Morgan fingerprint density at radius 3 is 2.75 bits per heavy atom. The molecule has 1 aromatic carbocycles. The van der Waals surface area contributed by atoms with Gasteiger partial charge < -0.3 is 0 Å². The number of rotatable bonds is 7. The van der Waals surface area contributed by atoms with E-state index in [0.29, 0.717) is 13.1 Å². The molecule has 6 nitrogen and oxygen atoms in total. The molecular formula is C17H24N4O2S. The van der Waals surface area contributed by atoms with E-state index in [1.807, 2.05) is 47.3 Å². The molecule has 3 rings (SSSR count). The van der Waals surface area contributed by atoms with E-state index in [0.717, 1.165) is 37.8 Å². The molecule has 0 amide bonds. The summed E-state index contributed by atoms with van der Waals surface area (Å²) in [7, 11) is -3.47. The van der Waals surface area contributed by atoms with Crippen LogP contribution in [0.1, 0.15) is 31.2 Å². The zero-order valence-electron chi connectivity index (χ0n) is 13.7. The molecule has 0 saturated carbocycles. The number of nitrogens with one attached hydrogen (secondary N) is 1. The molecule has 1 atom stereocenters. The number of nitrogens with zero attached hydrogens (tertiary/aromatic N) is 3. The highest BCUT2D eigenvalue weighted by molar-refractivity contribution is 7.87. The van der Waals surface area contributed by atoms with E-state index in [2.05, 4.69) is 9.82 Å². The first-order valence-electron chi connectivity index (χ1n) is 8.43. The molecule has 0 bridgehead atoms. The normalized spacial score (nSPS) is 19.4. The second-order valence-corrected chi connectivity index (χ2v) is 7.84.